The summed E-state index contributed by atoms with van der Waals surface area (Å²) < 4.78 is 5.11. The summed E-state index contributed by atoms with van der Waals surface area (Å²) in [7, 11) is 0. The molecular formula is C11H8ClNO3S. The molecule has 1 N–H and O–H groups in total. The Bertz CT molecular complexity index is 524. The van der Waals surface area contributed by atoms with Crippen molar-refractivity contribution in [2.75, 3.05) is 0 Å². The third-order valence-electron chi connectivity index (χ3n) is 1.96. The second kappa shape index (κ2) is 5.25. The highest BCUT2D eigenvalue weighted by Crippen LogP contribution is 2.24. The first-order valence-corrected chi connectivity index (χ1v) is 6.08. The molecule has 0 radical (unpaired) electrons. The minimum Gasteiger partial charge on any atom is -0.475 e. The zero-order valence-electron chi connectivity index (χ0n) is 8.59. The van der Waals surface area contributed by atoms with Gasteiger partial charge in [0, 0.05) is 11.9 Å². The van der Waals surface area contributed by atoms with E-state index in [-0.39, 0.29) is 5.76 Å². The van der Waals surface area contributed by atoms with Crippen molar-refractivity contribution in [2.45, 2.75) is 10.8 Å². The van der Waals surface area contributed by atoms with Gasteiger partial charge in [0.25, 0.3) is 0 Å². The van der Waals surface area contributed by atoms with Crippen LogP contribution in [-0.2, 0) is 5.75 Å². The quantitative estimate of drug-likeness (QED) is 0.681. The minimum atomic E-state index is -1.06. The molecule has 0 spiro atoms. The third-order valence-corrected chi connectivity index (χ3v) is 3.17. The van der Waals surface area contributed by atoms with Crippen LogP contribution in [0.2, 0.25) is 5.15 Å². The predicted octanol–water partition coefficient (Wildman–Crippen LogP) is 3.32. The van der Waals surface area contributed by atoms with E-state index in [1.54, 1.807) is 18.3 Å². The number of carbonyl (C=O) groups is 1. The summed E-state index contributed by atoms with van der Waals surface area (Å²) in [6.07, 6.45) is 1.68. The number of rotatable bonds is 4. The van der Waals surface area contributed by atoms with Gasteiger partial charge in [-0.15, -0.1) is 0 Å². The maximum Gasteiger partial charge on any atom is 0.371 e. The largest absolute Gasteiger partial charge is 0.475 e. The van der Waals surface area contributed by atoms with Gasteiger partial charge in [0.1, 0.15) is 5.15 Å². The summed E-state index contributed by atoms with van der Waals surface area (Å²) in [6, 6.07) is 6.65. The monoisotopic (exact) mass is 269 g/mol. The number of carboxylic acid groups (broad SMARTS) is 1. The summed E-state index contributed by atoms with van der Waals surface area (Å²) >= 11 is 7.07. The lowest BCUT2D eigenvalue weighted by molar-refractivity contribution is 0.0656. The highest BCUT2D eigenvalue weighted by molar-refractivity contribution is 7.98. The Morgan fingerprint density at radius 3 is 2.82 bits per heavy atom. The Kier molecular flexibility index (Phi) is 3.71. The molecule has 88 valence electrons. The molecule has 2 aromatic rings. The average Bonchev–Trinajstić information content (AvgIpc) is 2.77. The van der Waals surface area contributed by atoms with E-state index in [2.05, 4.69) is 4.98 Å². The Morgan fingerprint density at radius 2 is 2.24 bits per heavy atom. The van der Waals surface area contributed by atoms with Crippen LogP contribution in [0.5, 0.6) is 0 Å². The first-order valence-electron chi connectivity index (χ1n) is 4.71. The SMILES string of the molecule is O=C(O)c1ccc(SCc2ccc(Cl)nc2)o1. The Balaban J connectivity index is 1.97. The molecule has 2 aromatic heterocycles. The third kappa shape index (κ3) is 3.25. The van der Waals surface area contributed by atoms with Crippen molar-refractivity contribution in [3.05, 3.63) is 46.9 Å². The van der Waals surface area contributed by atoms with Crippen LogP contribution in [-0.4, -0.2) is 16.1 Å². The normalized spacial score (nSPS) is 10.4. The van der Waals surface area contributed by atoms with Gasteiger partial charge in [-0.1, -0.05) is 29.4 Å². The van der Waals surface area contributed by atoms with Gasteiger partial charge >= 0.3 is 5.97 Å². The molecule has 0 amide bonds. The molecule has 0 aliphatic rings. The summed E-state index contributed by atoms with van der Waals surface area (Å²) in [5, 5.41) is 9.70. The molecule has 6 heteroatoms. The highest BCUT2D eigenvalue weighted by atomic mass is 35.5. The van der Waals surface area contributed by atoms with Crippen LogP contribution in [0.3, 0.4) is 0 Å². The van der Waals surface area contributed by atoms with Gasteiger partial charge in [-0.25, -0.2) is 9.78 Å². The second-order valence-corrected chi connectivity index (χ2v) is 4.57. The van der Waals surface area contributed by atoms with Crippen LogP contribution >= 0.6 is 23.4 Å². The molecule has 17 heavy (non-hydrogen) atoms. The van der Waals surface area contributed by atoms with Gasteiger partial charge in [-0.3, -0.25) is 0 Å². The summed E-state index contributed by atoms with van der Waals surface area (Å²) in [5.74, 6) is -0.469. The smallest absolute Gasteiger partial charge is 0.371 e. The molecule has 2 rings (SSSR count). The molecule has 2 heterocycles. The first-order chi connectivity index (χ1) is 8.15. The molecular weight excluding hydrogens is 262 g/mol. The molecule has 0 fully saturated rings. The molecule has 0 saturated heterocycles. The van der Waals surface area contributed by atoms with Crippen LogP contribution in [0.25, 0.3) is 0 Å². The maximum absolute atomic E-state index is 10.6. The van der Waals surface area contributed by atoms with Crippen LogP contribution < -0.4 is 0 Å². The van der Waals surface area contributed by atoms with Gasteiger partial charge in [0.15, 0.2) is 5.09 Å². The maximum atomic E-state index is 10.6. The zero-order valence-corrected chi connectivity index (χ0v) is 10.2. The van der Waals surface area contributed by atoms with Crippen LogP contribution in [0.1, 0.15) is 16.1 Å². The molecule has 0 unspecified atom stereocenters. The van der Waals surface area contributed by atoms with Gasteiger partial charge < -0.3 is 9.52 Å². The molecule has 0 atom stereocenters. The van der Waals surface area contributed by atoms with Crippen molar-refractivity contribution in [1.29, 1.82) is 0 Å². The van der Waals surface area contributed by atoms with Crippen molar-refractivity contribution in [3.8, 4) is 0 Å². The van der Waals surface area contributed by atoms with Gasteiger partial charge in [-0.2, -0.15) is 0 Å². The summed E-state index contributed by atoms with van der Waals surface area (Å²) in [6.45, 7) is 0. The first kappa shape index (κ1) is 12.0. The van der Waals surface area contributed by atoms with Gasteiger partial charge in [0.2, 0.25) is 5.76 Å². The standard InChI is InChI=1S/C11H8ClNO3S/c12-9-3-1-7(5-13-9)6-17-10-4-2-8(16-10)11(14)15/h1-5H,6H2,(H,14,15). The van der Waals surface area contributed by atoms with Crippen molar-refractivity contribution in [1.82, 2.24) is 4.98 Å². The number of carboxylic acids is 1. The lowest BCUT2D eigenvalue weighted by Crippen LogP contribution is -1.91. The minimum absolute atomic E-state index is 0.0540. The van der Waals surface area contributed by atoms with Gasteiger partial charge in [0.05, 0.1) is 0 Å². The average molecular weight is 270 g/mol. The number of hydrogen-bond donors (Lipinski definition) is 1. The van der Waals surface area contributed by atoms with E-state index >= 15 is 0 Å². The van der Waals surface area contributed by atoms with Crippen molar-refractivity contribution < 1.29 is 14.3 Å². The molecule has 0 bridgehead atoms. The fraction of sp³-hybridized carbons (Fsp3) is 0.0909. The van der Waals surface area contributed by atoms with E-state index in [1.807, 2.05) is 6.07 Å². The number of aromatic carboxylic acids is 1. The number of furan rings is 1. The Morgan fingerprint density at radius 1 is 1.41 bits per heavy atom. The zero-order chi connectivity index (χ0) is 12.3. The van der Waals surface area contributed by atoms with Crippen LogP contribution in [0, 0.1) is 0 Å². The molecule has 0 aliphatic heterocycles. The van der Waals surface area contributed by atoms with Gasteiger partial charge in [-0.05, 0) is 23.8 Å². The number of halogens is 1. The number of thioether (sulfide) groups is 1. The lowest BCUT2D eigenvalue weighted by atomic mass is 10.3. The molecule has 0 aliphatic carbocycles. The van der Waals surface area contributed by atoms with E-state index in [0.29, 0.717) is 16.0 Å². The number of hydrogen-bond acceptors (Lipinski definition) is 4. The van der Waals surface area contributed by atoms with Crippen LogP contribution in [0.4, 0.5) is 0 Å². The highest BCUT2D eigenvalue weighted by Gasteiger charge is 2.09. The van der Waals surface area contributed by atoms with E-state index in [4.69, 9.17) is 21.1 Å². The predicted molar refractivity (Wildman–Crippen MR) is 64.5 cm³/mol. The topological polar surface area (TPSA) is 63.3 Å². The van der Waals surface area contributed by atoms with E-state index < -0.39 is 5.97 Å². The molecule has 4 nitrogen and oxygen atoms in total. The van der Waals surface area contributed by atoms with Crippen molar-refractivity contribution >= 4 is 29.3 Å². The summed E-state index contributed by atoms with van der Waals surface area (Å²) in [4.78, 5) is 14.6. The van der Waals surface area contributed by atoms with E-state index in [1.165, 1.54) is 17.8 Å². The lowest BCUT2D eigenvalue weighted by Gasteiger charge is -1.98. The van der Waals surface area contributed by atoms with E-state index in [9.17, 15) is 4.79 Å². The fourth-order valence-electron chi connectivity index (χ4n) is 1.16. The van der Waals surface area contributed by atoms with E-state index in [0.717, 1.165) is 5.56 Å². The van der Waals surface area contributed by atoms with Crippen LogP contribution in [0.15, 0.2) is 40.0 Å². The molecule has 0 saturated carbocycles. The van der Waals surface area contributed by atoms with Crippen molar-refractivity contribution in [3.63, 3.8) is 0 Å². The number of aromatic nitrogens is 1. The molecule has 0 aromatic carbocycles. The Labute approximate surface area is 107 Å². The Hall–Kier alpha value is -1.46. The summed E-state index contributed by atoms with van der Waals surface area (Å²) in [5.41, 5.74) is 0.993. The number of pyridine rings is 1. The second-order valence-electron chi connectivity index (χ2n) is 3.20. The van der Waals surface area contributed by atoms with Crippen molar-refractivity contribution in [2.24, 2.45) is 0 Å². The fourth-order valence-corrected chi connectivity index (χ4v) is 2.06. The number of nitrogens with zero attached hydrogens (tertiary/aromatic N) is 1.